The van der Waals surface area contributed by atoms with E-state index < -0.39 is 21.7 Å². The Kier molecular flexibility index (Phi) is 4.87. The summed E-state index contributed by atoms with van der Waals surface area (Å²) < 4.78 is 5.70. The number of hydrogen-bond acceptors (Lipinski definition) is 2. The maximum atomic E-state index is 12.7. The van der Waals surface area contributed by atoms with Crippen molar-refractivity contribution in [3.8, 4) is 0 Å². The van der Waals surface area contributed by atoms with Crippen molar-refractivity contribution < 1.29 is 9.53 Å². The van der Waals surface area contributed by atoms with E-state index in [9.17, 15) is 4.79 Å². The van der Waals surface area contributed by atoms with E-state index in [0.29, 0.717) is 11.3 Å². The van der Waals surface area contributed by atoms with Crippen LogP contribution in [0.2, 0.25) is 39.3 Å². The van der Waals surface area contributed by atoms with Crippen molar-refractivity contribution in [3.05, 3.63) is 0 Å². The average Bonchev–Trinajstić information content (AvgIpc) is 2.56. The molecular formula is C15H33NO2Si2. The smallest absolute Gasteiger partial charge is 0.410 e. The van der Waals surface area contributed by atoms with E-state index in [1.54, 1.807) is 0 Å². The van der Waals surface area contributed by atoms with E-state index in [0.717, 1.165) is 12.8 Å². The number of nitrogens with zero attached hydrogens (tertiary/aromatic N) is 1. The maximum Gasteiger partial charge on any atom is 0.410 e. The van der Waals surface area contributed by atoms with Gasteiger partial charge in [-0.1, -0.05) is 39.3 Å². The van der Waals surface area contributed by atoms with Crippen LogP contribution in [0, 0.1) is 0 Å². The highest BCUT2D eigenvalue weighted by atomic mass is 28.3. The molecule has 1 rings (SSSR count). The molecule has 0 unspecified atom stereocenters. The summed E-state index contributed by atoms with van der Waals surface area (Å²) in [6, 6.07) is 0. The zero-order chi connectivity index (χ0) is 15.9. The van der Waals surface area contributed by atoms with Crippen LogP contribution in [-0.2, 0) is 4.74 Å². The predicted octanol–water partition coefficient (Wildman–Crippen LogP) is 4.51. The molecule has 0 radical (unpaired) electrons. The summed E-state index contributed by atoms with van der Waals surface area (Å²) in [5.74, 6) is 0. The molecule has 1 saturated heterocycles. The van der Waals surface area contributed by atoms with Gasteiger partial charge in [0.1, 0.15) is 5.60 Å². The van der Waals surface area contributed by atoms with Crippen molar-refractivity contribution in [3.63, 3.8) is 0 Å². The van der Waals surface area contributed by atoms with Gasteiger partial charge in [0, 0.05) is 11.3 Å². The molecule has 1 fully saturated rings. The lowest BCUT2D eigenvalue weighted by Gasteiger charge is -2.41. The lowest BCUT2D eigenvalue weighted by Crippen LogP contribution is -2.58. The first-order valence-corrected chi connectivity index (χ1v) is 14.9. The van der Waals surface area contributed by atoms with Gasteiger partial charge in [-0.3, -0.25) is 0 Å². The second-order valence-electron chi connectivity index (χ2n) is 9.23. The summed E-state index contributed by atoms with van der Waals surface area (Å²) in [5, 5.41) is 0. The second-order valence-corrected chi connectivity index (χ2v) is 20.0. The molecular weight excluding hydrogens is 282 g/mol. The van der Waals surface area contributed by atoms with Crippen molar-refractivity contribution in [2.24, 2.45) is 0 Å². The molecule has 0 aromatic rings. The van der Waals surface area contributed by atoms with Gasteiger partial charge < -0.3 is 9.64 Å². The number of rotatable bonds is 2. The normalized spacial score (nSPS) is 24.9. The molecule has 0 aromatic carbocycles. The maximum absolute atomic E-state index is 12.7. The van der Waals surface area contributed by atoms with Crippen molar-refractivity contribution in [1.29, 1.82) is 0 Å². The predicted molar refractivity (Wildman–Crippen MR) is 91.6 cm³/mol. The molecule has 1 heterocycles. The van der Waals surface area contributed by atoms with E-state index in [1.165, 1.54) is 0 Å². The van der Waals surface area contributed by atoms with Crippen LogP contribution in [0.1, 0.15) is 33.6 Å². The van der Waals surface area contributed by atoms with E-state index in [1.807, 2.05) is 20.8 Å². The number of hydrogen-bond donors (Lipinski definition) is 0. The molecule has 1 amide bonds. The number of ether oxygens (including phenoxy) is 1. The minimum Gasteiger partial charge on any atom is -0.444 e. The van der Waals surface area contributed by atoms with Gasteiger partial charge >= 0.3 is 6.09 Å². The first-order valence-electron chi connectivity index (χ1n) is 7.75. The average molecular weight is 316 g/mol. The summed E-state index contributed by atoms with van der Waals surface area (Å²) in [4.78, 5) is 14.9. The van der Waals surface area contributed by atoms with Crippen LogP contribution in [0.4, 0.5) is 4.79 Å². The highest BCUT2D eigenvalue weighted by Gasteiger charge is 2.49. The van der Waals surface area contributed by atoms with Crippen LogP contribution in [0.3, 0.4) is 0 Å². The Morgan fingerprint density at radius 2 is 1.30 bits per heavy atom. The van der Waals surface area contributed by atoms with Crippen LogP contribution in [-0.4, -0.2) is 44.1 Å². The number of carbonyl (C=O) groups is 1. The number of carbonyl (C=O) groups excluding carboxylic acids is 1. The molecule has 0 spiro atoms. The quantitative estimate of drug-likeness (QED) is 0.702. The van der Waals surface area contributed by atoms with Crippen LogP contribution in [0.25, 0.3) is 0 Å². The van der Waals surface area contributed by atoms with Gasteiger partial charge in [0.05, 0.1) is 16.1 Å². The van der Waals surface area contributed by atoms with Crippen LogP contribution >= 0.6 is 0 Å². The molecule has 0 N–H and O–H groups in total. The zero-order valence-electron chi connectivity index (χ0n) is 14.8. The molecule has 0 bridgehead atoms. The van der Waals surface area contributed by atoms with Gasteiger partial charge in [-0.15, -0.1) is 0 Å². The van der Waals surface area contributed by atoms with Gasteiger partial charge in [0.25, 0.3) is 0 Å². The molecule has 1 aliphatic rings. The monoisotopic (exact) mass is 315 g/mol. The van der Waals surface area contributed by atoms with Crippen molar-refractivity contribution in [2.75, 3.05) is 0 Å². The van der Waals surface area contributed by atoms with Gasteiger partial charge in [0.15, 0.2) is 0 Å². The summed E-state index contributed by atoms with van der Waals surface area (Å²) in [7, 11) is -2.80. The fourth-order valence-corrected chi connectivity index (χ4v) is 7.53. The summed E-state index contributed by atoms with van der Waals surface area (Å²) in [6.07, 6.45) is 2.23. The molecule has 118 valence electrons. The van der Waals surface area contributed by atoms with Crippen molar-refractivity contribution in [2.45, 2.75) is 89.8 Å². The molecule has 0 saturated carbocycles. The Morgan fingerprint density at radius 1 is 0.950 bits per heavy atom. The lowest BCUT2D eigenvalue weighted by atomic mass is 10.2. The third kappa shape index (κ3) is 4.35. The summed E-state index contributed by atoms with van der Waals surface area (Å²) >= 11 is 0. The Labute approximate surface area is 127 Å². The van der Waals surface area contributed by atoms with Crippen LogP contribution < -0.4 is 0 Å². The van der Waals surface area contributed by atoms with Crippen LogP contribution in [0.5, 0.6) is 0 Å². The highest BCUT2D eigenvalue weighted by molar-refractivity contribution is 6.80. The Hall–Kier alpha value is -0.296. The van der Waals surface area contributed by atoms with Crippen molar-refractivity contribution >= 4 is 22.2 Å². The van der Waals surface area contributed by atoms with Gasteiger partial charge in [0.2, 0.25) is 0 Å². The van der Waals surface area contributed by atoms with Gasteiger partial charge in [-0.25, -0.2) is 4.79 Å². The minimum atomic E-state index is -1.40. The Morgan fingerprint density at radius 3 is 1.55 bits per heavy atom. The third-order valence-electron chi connectivity index (χ3n) is 3.99. The lowest BCUT2D eigenvalue weighted by molar-refractivity contribution is 0.0237. The number of amides is 1. The molecule has 20 heavy (non-hydrogen) atoms. The molecule has 0 aliphatic carbocycles. The fourth-order valence-electron chi connectivity index (χ4n) is 3.08. The highest BCUT2D eigenvalue weighted by Crippen LogP contribution is 2.36. The number of likely N-dealkylation sites (tertiary alicyclic amines) is 1. The largest absolute Gasteiger partial charge is 0.444 e. The van der Waals surface area contributed by atoms with Crippen molar-refractivity contribution in [1.82, 2.24) is 4.90 Å². The first-order chi connectivity index (χ1) is 8.73. The second kappa shape index (κ2) is 5.48. The SMILES string of the molecule is CC(C)(C)OC(=O)N1[C@H]([Si](C)(C)C)CC[C@H]1[Si](C)(C)C. The summed E-state index contributed by atoms with van der Waals surface area (Å²) in [6.45, 7) is 20.0. The molecule has 1 aliphatic heterocycles. The Bertz CT molecular complexity index is 342. The molecule has 0 aromatic heterocycles. The standard InChI is InChI=1S/C15H33NO2Si2/c1-15(2,3)18-14(17)16-12(19(4,5)6)10-11-13(16)20(7,8)9/h12-13H,10-11H2,1-9H3/t12-,13-/m1/s1. The van der Waals surface area contributed by atoms with E-state index in [2.05, 4.69) is 44.2 Å². The van der Waals surface area contributed by atoms with E-state index >= 15 is 0 Å². The summed E-state index contributed by atoms with van der Waals surface area (Å²) in [5.41, 5.74) is 0.441. The Balaban J connectivity index is 3.06. The third-order valence-corrected chi connectivity index (χ3v) is 9.12. The molecule has 5 heteroatoms. The zero-order valence-corrected chi connectivity index (χ0v) is 16.8. The van der Waals surface area contributed by atoms with Gasteiger partial charge in [-0.05, 0) is 33.6 Å². The fraction of sp³-hybridized carbons (Fsp3) is 0.933. The minimum absolute atomic E-state index is 0.0881. The molecule has 2 atom stereocenters. The van der Waals surface area contributed by atoms with Gasteiger partial charge in [-0.2, -0.15) is 0 Å². The topological polar surface area (TPSA) is 29.5 Å². The van der Waals surface area contributed by atoms with Crippen LogP contribution in [0.15, 0.2) is 0 Å². The first kappa shape index (κ1) is 17.8. The van der Waals surface area contributed by atoms with E-state index in [4.69, 9.17) is 4.74 Å². The molecule has 3 nitrogen and oxygen atoms in total. The van der Waals surface area contributed by atoms with E-state index in [-0.39, 0.29) is 6.09 Å².